The Morgan fingerprint density at radius 1 is 0.939 bits per heavy atom. The maximum Gasteiger partial charge on any atom is 0.244 e. The van der Waals surface area contributed by atoms with Crippen molar-refractivity contribution in [3.05, 3.63) is 108 Å². The minimum absolute atomic E-state index is 0.00533. The van der Waals surface area contributed by atoms with Crippen LogP contribution in [-0.4, -0.2) is 34.4 Å². The van der Waals surface area contributed by atoms with E-state index in [4.69, 9.17) is 0 Å². The predicted molar refractivity (Wildman–Crippen MR) is 140 cm³/mol. The standard InChI is InChI=1S/C29H39NO3/c1-4-5-6-7-8-9-19-26-20-13-10-16-24(2)17-11-14-21-27(31)28(32)23-25(3)18-12-15-22-29(33)30-26/h6-18,21-23,26-28,31-32H,4-5,19-20H2,1-3H3,(H,30,33)/t26-,27-,28+/m1/s1. The van der Waals surface area contributed by atoms with Crippen molar-refractivity contribution in [2.75, 3.05) is 0 Å². The molecule has 3 atom stereocenters. The second kappa shape index (κ2) is 17.6. The van der Waals surface area contributed by atoms with Gasteiger partial charge in [0.1, 0.15) is 12.2 Å². The van der Waals surface area contributed by atoms with Crippen LogP contribution in [0.5, 0.6) is 0 Å². The van der Waals surface area contributed by atoms with Crippen LogP contribution >= 0.6 is 0 Å². The molecule has 0 saturated carbocycles. The molecule has 1 heterocycles. The fraction of sp³-hybridized carbons (Fsp3) is 0.345. The molecule has 4 nitrogen and oxygen atoms in total. The summed E-state index contributed by atoms with van der Waals surface area (Å²) >= 11 is 0. The van der Waals surface area contributed by atoms with Gasteiger partial charge in [0.2, 0.25) is 5.91 Å². The Morgan fingerprint density at radius 3 is 2.42 bits per heavy atom. The quantitative estimate of drug-likeness (QED) is 0.480. The number of rotatable bonds is 5. The Hall–Kier alpha value is -2.95. The zero-order valence-corrected chi connectivity index (χ0v) is 20.1. The maximum atomic E-state index is 12.4. The molecule has 178 valence electrons. The van der Waals surface area contributed by atoms with E-state index in [0.717, 1.165) is 36.8 Å². The van der Waals surface area contributed by atoms with Crippen molar-refractivity contribution >= 4 is 5.91 Å². The maximum absolute atomic E-state index is 12.4. The molecule has 0 radical (unpaired) electrons. The molecular formula is C29H39NO3. The first-order chi connectivity index (χ1) is 15.9. The third kappa shape index (κ3) is 14.7. The molecule has 0 saturated heterocycles. The number of carbonyl (C=O) groups is 1. The van der Waals surface area contributed by atoms with Gasteiger partial charge >= 0.3 is 0 Å². The fourth-order valence-corrected chi connectivity index (χ4v) is 2.92. The van der Waals surface area contributed by atoms with Gasteiger partial charge in [-0.15, -0.1) is 0 Å². The molecule has 3 N–H and O–H groups in total. The summed E-state index contributed by atoms with van der Waals surface area (Å²) < 4.78 is 0. The average molecular weight is 450 g/mol. The van der Waals surface area contributed by atoms with Crippen LogP contribution in [0.4, 0.5) is 0 Å². The van der Waals surface area contributed by atoms with Gasteiger partial charge in [-0.1, -0.05) is 116 Å². The molecule has 0 spiro atoms. The lowest BCUT2D eigenvalue weighted by molar-refractivity contribution is -0.117. The highest BCUT2D eigenvalue weighted by atomic mass is 16.3. The summed E-state index contributed by atoms with van der Waals surface area (Å²) in [5.41, 5.74) is 1.83. The number of hydrogen-bond acceptors (Lipinski definition) is 3. The van der Waals surface area contributed by atoms with Crippen LogP contribution in [0.25, 0.3) is 0 Å². The van der Waals surface area contributed by atoms with Gasteiger partial charge < -0.3 is 15.5 Å². The van der Waals surface area contributed by atoms with Crippen LogP contribution in [0.1, 0.15) is 46.5 Å². The van der Waals surface area contributed by atoms with Gasteiger partial charge in [0.05, 0.1) is 0 Å². The number of hydrogen-bond donors (Lipinski definition) is 3. The Morgan fingerprint density at radius 2 is 1.64 bits per heavy atom. The zero-order chi connectivity index (χ0) is 24.3. The molecule has 33 heavy (non-hydrogen) atoms. The van der Waals surface area contributed by atoms with E-state index < -0.39 is 12.2 Å². The summed E-state index contributed by atoms with van der Waals surface area (Å²) in [7, 11) is 0. The van der Waals surface area contributed by atoms with E-state index in [2.05, 4.69) is 36.5 Å². The van der Waals surface area contributed by atoms with E-state index in [-0.39, 0.29) is 11.9 Å². The summed E-state index contributed by atoms with van der Waals surface area (Å²) in [6, 6.07) is -0.00533. The van der Waals surface area contributed by atoms with Gasteiger partial charge in [-0.05, 0) is 33.1 Å². The SMILES string of the molecule is CCCC=CC=CC[C@@H]1CC=CC=C(C)C=CC=C[C@@H](O)[C@@H](O)C=C(C)C=CC=CC(=O)N1. The number of amides is 1. The van der Waals surface area contributed by atoms with Gasteiger partial charge in [0.25, 0.3) is 0 Å². The monoisotopic (exact) mass is 449 g/mol. The van der Waals surface area contributed by atoms with Crippen LogP contribution in [0.2, 0.25) is 0 Å². The molecule has 0 aliphatic carbocycles. The highest BCUT2D eigenvalue weighted by molar-refractivity contribution is 5.88. The van der Waals surface area contributed by atoms with Gasteiger partial charge in [0, 0.05) is 12.1 Å². The van der Waals surface area contributed by atoms with Crippen molar-refractivity contribution in [2.45, 2.75) is 64.7 Å². The third-order valence-corrected chi connectivity index (χ3v) is 4.80. The summed E-state index contributed by atoms with van der Waals surface area (Å²) in [5, 5.41) is 23.2. The predicted octanol–water partition coefficient (Wildman–Crippen LogP) is 5.57. The molecule has 0 bridgehead atoms. The highest BCUT2D eigenvalue weighted by Gasteiger charge is 2.09. The molecule has 1 aliphatic rings. The number of carbonyl (C=O) groups excluding carboxylic acids is 1. The van der Waals surface area contributed by atoms with Gasteiger partial charge in [-0.3, -0.25) is 4.79 Å². The lowest BCUT2D eigenvalue weighted by Gasteiger charge is -2.14. The number of nitrogens with one attached hydrogen (secondary N) is 1. The minimum atomic E-state index is -1.01. The van der Waals surface area contributed by atoms with Crippen molar-refractivity contribution < 1.29 is 15.0 Å². The van der Waals surface area contributed by atoms with Crippen LogP contribution in [0, 0.1) is 0 Å². The first-order valence-corrected chi connectivity index (χ1v) is 11.6. The van der Waals surface area contributed by atoms with Crippen LogP contribution in [0.3, 0.4) is 0 Å². The van der Waals surface area contributed by atoms with Crippen LogP contribution < -0.4 is 5.32 Å². The largest absolute Gasteiger partial charge is 0.386 e. The van der Waals surface area contributed by atoms with Crippen molar-refractivity contribution in [1.29, 1.82) is 0 Å². The van der Waals surface area contributed by atoms with Gasteiger partial charge in [-0.2, -0.15) is 0 Å². The minimum Gasteiger partial charge on any atom is -0.386 e. The summed E-state index contributed by atoms with van der Waals surface area (Å²) in [6.45, 7) is 5.96. The number of aliphatic hydroxyl groups is 2. The summed E-state index contributed by atoms with van der Waals surface area (Å²) in [4.78, 5) is 12.4. The first-order valence-electron chi connectivity index (χ1n) is 11.6. The smallest absolute Gasteiger partial charge is 0.244 e. The summed E-state index contributed by atoms with van der Waals surface area (Å²) in [5.74, 6) is -0.153. The molecule has 0 aromatic heterocycles. The number of aliphatic hydroxyl groups excluding tert-OH is 2. The number of allylic oxidation sites excluding steroid dienone is 13. The highest BCUT2D eigenvalue weighted by Crippen LogP contribution is 2.06. The van der Waals surface area contributed by atoms with Crippen molar-refractivity contribution in [1.82, 2.24) is 5.32 Å². The topological polar surface area (TPSA) is 69.6 Å². The van der Waals surface area contributed by atoms with Crippen LogP contribution in [-0.2, 0) is 4.79 Å². The Bertz CT molecular complexity index is 850. The first kappa shape index (κ1) is 28.1. The molecule has 1 amide bonds. The summed E-state index contributed by atoms with van der Waals surface area (Å²) in [6.07, 6.45) is 31.3. The molecule has 0 aromatic rings. The Balaban J connectivity index is 2.99. The van der Waals surface area contributed by atoms with Gasteiger partial charge in [-0.25, -0.2) is 0 Å². The van der Waals surface area contributed by atoms with E-state index in [9.17, 15) is 15.0 Å². The van der Waals surface area contributed by atoms with E-state index in [1.165, 1.54) is 6.08 Å². The van der Waals surface area contributed by atoms with Gasteiger partial charge in [0.15, 0.2) is 0 Å². The lowest BCUT2D eigenvalue weighted by atomic mass is 10.1. The second-order valence-electron chi connectivity index (χ2n) is 8.01. The fourth-order valence-electron chi connectivity index (χ4n) is 2.92. The molecule has 0 aromatic carbocycles. The van der Waals surface area contributed by atoms with E-state index >= 15 is 0 Å². The molecule has 0 unspecified atom stereocenters. The second-order valence-corrected chi connectivity index (χ2v) is 8.01. The van der Waals surface area contributed by atoms with E-state index in [1.807, 2.05) is 44.2 Å². The average Bonchev–Trinajstić information content (AvgIpc) is 2.78. The molecule has 1 rings (SSSR count). The Labute approximate surface area is 199 Å². The van der Waals surface area contributed by atoms with Crippen LogP contribution in [0.15, 0.2) is 108 Å². The van der Waals surface area contributed by atoms with Crippen molar-refractivity contribution in [3.63, 3.8) is 0 Å². The zero-order valence-electron chi connectivity index (χ0n) is 20.1. The molecular weight excluding hydrogens is 410 g/mol. The Kier molecular flexibility index (Phi) is 15.0. The van der Waals surface area contributed by atoms with Crippen molar-refractivity contribution in [2.24, 2.45) is 0 Å². The van der Waals surface area contributed by atoms with E-state index in [1.54, 1.807) is 36.5 Å². The molecule has 0 fully saturated rings. The normalized spacial score (nSPS) is 23.7. The van der Waals surface area contributed by atoms with E-state index in [0.29, 0.717) is 0 Å². The third-order valence-electron chi connectivity index (χ3n) is 4.80. The number of unbranched alkanes of at least 4 members (excludes halogenated alkanes) is 1. The lowest BCUT2D eigenvalue weighted by Crippen LogP contribution is -2.32. The molecule has 4 heteroatoms. The van der Waals surface area contributed by atoms with Crippen molar-refractivity contribution in [3.8, 4) is 0 Å². The molecule has 1 aliphatic heterocycles.